The molecule has 11 heteroatoms. The van der Waals surface area contributed by atoms with Crippen LogP contribution >= 0.6 is 0 Å². The lowest BCUT2D eigenvalue weighted by atomic mass is 9.97. The number of aliphatic hydroxyl groups is 8. The second kappa shape index (κ2) is 7.63. The van der Waals surface area contributed by atoms with E-state index < -0.39 is 74.6 Å². The van der Waals surface area contributed by atoms with Crippen LogP contribution in [-0.4, -0.2) is 115 Å². The van der Waals surface area contributed by atoms with Gasteiger partial charge in [0.1, 0.15) is 48.8 Å². The number of hydrogen-bond acceptors (Lipinski definition) is 11. The molecule has 10 atom stereocenters. The molecular weight excluding hydrogens is 320 g/mol. The van der Waals surface area contributed by atoms with E-state index in [-0.39, 0.29) is 0 Å². The topological polar surface area (TPSA) is 190 Å². The Kier molecular flexibility index (Phi) is 6.27. The first-order valence-corrected chi connectivity index (χ1v) is 7.08. The van der Waals surface area contributed by atoms with Crippen LogP contribution in [0.2, 0.25) is 0 Å². The van der Waals surface area contributed by atoms with E-state index in [0.29, 0.717) is 0 Å². The monoisotopic (exact) mass is 342 g/mol. The van der Waals surface area contributed by atoms with Crippen molar-refractivity contribution < 1.29 is 55.1 Å². The van der Waals surface area contributed by atoms with Crippen molar-refractivity contribution in [3.05, 3.63) is 0 Å². The van der Waals surface area contributed by atoms with Crippen LogP contribution in [0.1, 0.15) is 0 Å². The Bertz CT molecular complexity index is 380. The molecule has 2 rings (SSSR count). The summed E-state index contributed by atoms with van der Waals surface area (Å²) < 4.78 is 15.1. The lowest BCUT2D eigenvalue weighted by Gasteiger charge is -2.44. The van der Waals surface area contributed by atoms with Gasteiger partial charge in [0, 0.05) is 0 Å². The van der Waals surface area contributed by atoms with Crippen LogP contribution in [0.3, 0.4) is 0 Å². The maximum absolute atomic E-state index is 9.94. The fraction of sp³-hybridized carbons (Fsp3) is 1.00. The summed E-state index contributed by atoms with van der Waals surface area (Å²) in [7, 11) is 0. The van der Waals surface area contributed by atoms with Crippen LogP contribution in [0.15, 0.2) is 0 Å². The maximum Gasteiger partial charge on any atom is 0.187 e. The Balaban J connectivity index is 2.08. The molecule has 0 aromatic rings. The van der Waals surface area contributed by atoms with Crippen molar-refractivity contribution in [2.24, 2.45) is 0 Å². The zero-order chi connectivity index (χ0) is 17.3. The molecule has 0 spiro atoms. The molecule has 136 valence electrons. The van der Waals surface area contributed by atoms with Crippen LogP contribution < -0.4 is 0 Å². The molecule has 2 saturated heterocycles. The average molecular weight is 342 g/mol. The second-order valence-electron chi connectivity index (χ2n) is 5.53. The van der Waals surface area contributed by atoms with Gasteiger partial charge in [0.2, 0.25) is 0 Å². The molecule has 8 N–H and O–H groups in total. The molecule has 0 aromatic heterocycles. The van der Waals surface area contributed by atoms with Gasteiger partial charge in [-0.05, 0) is 0 Å². The smallest absolute Gasteiger partial charge is 0.187 e. The largest absolute Gasteiger partial charge is 0.394 e. The predicted molar refractivity (Wildman–Crippen MR) is 68.6 cm³/mol. The Hall–Kier alpha value is -0.440. The van der Waals surface area contributed by atoms with Crippen LogP contribution in [-0.2, 0) is 14.2 Å². The van der Waals surface area contributed by atoms with E-state index in [0.717, 1.165) is 0 Å². The Labute approximate surface area is 130 Å². The van der Waals surface area contributed by atoms with Crippen molar-refractivity contribution in [3.8, 4) is 0 Å². The summed E-state index contributed by atoms with van der Waals surface area (Å²) in [6.07, 6.45) is -15.6. The lowest BCUT2D eigenvalue weighted by Crippen LogP contribution is -2.64. The summed E-state index contributed by atoms with van der Waals surface area (Å²) in [5.74, 6) is 0. The van der Waals surface area contributed by atoms with E-state index in [1.807, 2.05) is 0 Å². The van der Waals surface area contributed by atoms with Gasteiger partial charge in [0.25, 0.3) is 0 Å². The zero-order valence-corrected chi connectivity index (χ0v) is 12.0. The molecule has 23 heavy (non-hydrogen) atoms. The third-order valence-electron chi connectivity index (χ3n) is 3.98. The first-order chi connectivity index (χ1) is 10.8. The summed E-state index contributed by atoms with van der Waals surface area (Å²) in [6.45, 7) is -1.33. The third-order valence-corrected chi connectivity index (χ3v) is 3.98. The van der Waals surface area contributed by atoms with E-state index in [4.69, 9.17) is 24.4 Å². The maximum atomic E-state index is 9.94. The van der Waals surface area contributed by atoms with Gasteiger partial charge in [-0.2, -0.15) is 0 Å². The first-order valence-electron chi connectivity index (χ1n) is 7.08. The highest BCUT2D eigenvalue weighted by molar-refractivity contribution is 4.93. The number of hydrogen-bond donors (Lipinski definition) is 8. The van der Waals surface area contributed by atoms with Gasteiger partial charge >= 0.3 is 0 Å². The molecule has 2 heterocycles. The molecule has 0 saturated carbocycles. The molecular formula is C12H22O11. The molecule has 0 unspecified atom stereocenters. The minimum Gasteiger partial charge on any atom is -0.394 e. The molecule has 0 aromatic carbocycles. The second-order valence-corrected chi connectivity index (χ2v) is 5.53. The molecule has 0 amide bonds. The van der Waals surface area contributed by atoms with Crippen LogP contribution in [0, 0.1) is 0 Å². The highest BCUT2D eigenvalue weighted by Gasteiger charge is 2.50. The van der Waals surface area contributed by atoms with E-state index in [9.17, 15) is 30.6 Å². The van der Waals surface area contributed by atoms with Gasteiger partial charge in [0.15, 0.2) is 12.6 Å². The van der Waals surface area contributed by atoms with Crippen molar-refractivity contribution >= 4 is 0 Å². The first kappa shape index (κ1) is 18.9. The molecule has 11 nitrogen and oxygen atoms in total. The minimum absolute atomic E-state index is 0.651. The zero-order valence-electron chi connectivity index (χ0n) is 12.0. The van der Waals surface area contributed by atoms with Gasteiger partial charge in [-0.3, -0.25) is 0 Å². The van der Waals surface area contributed by atoms with Crippen molar-refractivity contribution in [2.75, 3.05) is 13.2 Å². The van der Waals surface area contributed by atoms with E-state index in [1.165, 1.54) is 0 Å². The van der Waals surface area contributed by atoms with Crippen molar-refractivity contribution in [1.82, 2.24) is 0 Å². The van der Waals surface area contributed by atoms with Crippen LogP contribution in [0.25, 0.3) is 0 Å². The van der Waals surface area contributed by atoms with E-state index in [2.05, 4.69) is 0 Å². The average Bonchev–Trinajstić information content (AvgIpc) is 2.54. The SMILES string of the molecule is OC[C@@H]1O[C@@H](O[C@@H]2[C@@H](O)[C@H](O)[C@H](CO)O[C@H]2O)[C@H](O)[C@@H](O)[C@@H]1O. The fourth-order valence-electron chi connectivity index (χ4n) is 2.55. The van der Waals surface area contributed by atoms with Gasteiger partial charge in [-0.15, -0.1) is 0 Å². The van der Waals surface area contributed by atoms with E-state index in [1.54, 1.807) is 0 Å². The Morgan fingerprint density at radius 1 is 0.652 bits per heavy atom. The van der Waals surface area contributed by atoms with Gasteiger partial charge in [0.05, 0.1) is 13.2 Å². The molecule has 0 aliphatic carbocycles. The number of aliphatic hydroxyl groups excluding tert-OH is 8. The number of ether oxygens (including phenoxy) is 3. The van der Waals surface area contributed by atoms with Crippen LogP contribution in [0.4, 0.5) is 0 Å². The Morgan fingerprint density at radius 3 is 1.74 bits per heavy atom. The normalized spacial score (nSPS) is 51.7. The van der Waals surface area contributed by atoms with Crippen molar-refractivity contribution in [1.29, 1.82) is 0 Å². The summed E-state index contributed by atoms with van der Waals surface area (Å²) >= 11 is 0. The Morgan fingerprint density at radius 2 is 1.17 bits per heavy atom. The summed E-state index contributed by atoms with van der Waals surface area (Å²) in [5.41, 5.74) is 0. The summed E-state index contributed by atoms with van der Waals surface area (Å²) in [6, 6.07) is 0. The van der Waals surface area contributed by atoms with Crippen LogP contribution in [0.5, 0.6) is 0 Å². The lowest BCUT2D eigenvalue weighted by molar-refractivity contribution is -0.361. The summed E-state index contributed by atoms with van der Waals surface area (Å²) in [5, 5.41) is 76.7. The highest BCUT2D eigenvalue weighted by Crippen LogP contribution is 2.28. The van der Waals surface area contributed by atoms with Gasteiger partial charge in [-0.25, -0.2) is 0 Å². The van der Waals surface area contributed by atoms with Crippen molar-refractivity contribution in [3.63, 3.8) is 0 Å². The standard InChI is InChI=1S/C12H22O11/c13-1-3-6(16)8(18)10(11(20)21-3)23-12-9(19)7(17)5(15)4(2-14)22-12/h3-20H,1-2H2/t3-,4-,5+,6+,7-,8-,9+,10+,11+,12-/m0/s1. The minimum atomic E-state index is -1.75. The van der Waals surface area contributed by atoms with E-state index >= 15 is 0 Å². The highest BCUT2D eigenvalue weighted by atomic mass is 16.7. The van der Waals surface area contributed by atoms with Crippen molar-refractivity contribution in [2.45, 2.75) is 61.4 Å². The van der Waals surface area contributed by atoms with Gasteiger partial charge < -0.3 is 55.1 Å². The molecule has 2 aliphatic heterocycles. The van der Waals surface area contributed by atoms with Gasteiger partial charge in [-0.1, -0.05) is 0 Å². The molecule has 2 fully saturated rings. The molecule has 2 aliphatic rings. The summed E-state index contributed by atoms with van der Waals surface area (Å²) in [4.78, 5) is 0. The fourth-order valence-corrected chi connectivity index (χ4v) is 2.55. The quantitative estimate of drug-likeness (QED) is 0.243. The third kappa shape index (κ3) is 3.65. The molecule has 0 radical (unpaired) electrons. The molecule has 0 bridgehead atoms. The number of rotatable bonds is 4. The predicted octanol–water partition coefficient (Wildman–Crippen LogP) is -5.40.